The van der Waals surface area contributed by atoms with Crippen molar-refractivity contribution in [3.8, 4) is 5.75 Å². The van der Waals surface area contributed by atoms with Crippen molar-refractivity contribution in [3.05, 3.63) is 40.2 Å². The van der Waals surface area contributed by atoms with Crippen LogP contribution in [0.1, 0.15) is 37.6 Å². The molecule has 7 heteroatoms. The number of ketones is 1. The van der Waals surface area contributed by atoms with E-state index in [0.29, 0.717) is 22.3 Å². The number of carbonyl (C=O) groups excluding carboxylic acids is 1. The van der Waals surface area contributed by atoms with Crippen molar-refractivity contribution in [1.29, 1.82) is 0 Å². The molecule has 1 saturated heterocycles. The van der Waals surface area contributed by atoms with Crippen LogP contribution in [-0.2, 0) is 4.74 Å². The minimum absolute atomic E-state index is 0.0997. The first-order chi connectivity index (χ1) is 12.1. The monoisotopic (exact) mass is 360 g/mol. The van der Waals surface area contributed by atoms with E-state index in [-0.39, 0.29) is 12.2 Å². The molecule has 1 aromatic heterocycles. The molecular formula is C19H20O7. The second-order valence-electron chi connectivity index (χ2n) is 7.62. The fraction of sp³-hybridized carbons (Fsp3) is 0.474. The zero-order valence-electron chi connectivity index (χ0n) is 14.7. The van der Waals surface area contributed by atoms with Crippen molar-refractivity contribution in [2.45, 2.75) is 50.8 Å². The fourth-order valence-corrected chi connectivity index (χ4v) is 3.71. The molecule has 1 spiro atoms. The van der Waals surface area contributed by atoms with E-state index >= 15 is 0 Å². The molecule has 0 saturated carbocycles. The molecule has 2 aromatic rings. The van der Waals surface area contributed by atoms with Crippen molar-refractivity contribution in [1.82, 2.24) is 0 Å². The Hall–Kier alpha value is -2.22. The normalized spacial score (nSPS) is 31.3. The van der Waals surface area contributed by atoms with Gasteiger partial charge in [-0.05, 0) is 26.0 Å². The predicted octanol–water partition coefficient (Wildman–Crippen LogP) is 1.62. The van der Waals surface area contributed by atoms with Crippen LogP contribution >= 0.6 is 0 Å². The Bertz CT molecular complexity index is 954. The molecule has 1 fully saturated rings. The molecule has 2 aliphatic heterocycles. The number of hydrogen-bond donors (Lipinski definition) is 2. The Kier molecular flexibility index (Phi) is 3.57. The second kappa shape index (κ2) is 5.39. The molecule has 4 rings (SSSR count). The van der Waals surface area contributed by atoms with Gasteiger partial charge in [-0.2, -0.15) is 0 Å². The average molecular weight is 360 g/mol. The van der Waals surface area contributed by atoms with Crippen molar-refractivity contribution < 1.29 is 28.9 Å². The second-order valence-corrected chi connectivity index (χ2v) is 7.62. The maximum Gasteiger partial charge on any atom is 0.336 e. The number of carbonyl (C=O) groups is 1. The number of Topliss-reactive ketones (excluding diaryl/α,β-unsaturated/α-hetero) is 1. The van der Waals surface area contributed by atoms with Gasteiger partial charge in [-0.1, -0.05) is 6.92 Å². The molecule has 26 heavy (non-hydrogen) atoms. The summed E-state index contributed by atoms with van der Waals surface area (Å²) in [5.74, 6) is -0.617. The Morgan fingerprint density at radius 3 is 2.65 bits per heavy atom. The Labute approximate surface area is 149 Å². The number of aliphatic hydroxyl groups is 2. The first kappa shape index (κ1) is 17.2. The molecule has 0 bridgehead atoms. The van der Waals surface area contributed by atoms with Crippen LogP contribution in [0.4, 0.5) is 0 Å². The summed E-state index contributed by atoms with van der Waals surface area (Å²) >= 11 is 0. The van der Waals surface area contributed by atoms with Gasteiger partial charge < -0.3 is 24.1 Å². The number of ether oxygens (including phenoxy) is 2. The minimum Gasteiger partial charge on any atom is -0.478 e. The van der Waals surface area contributed by atoms with Crippen LogP contribution < -0.4 is 10.4 Å². The average Bonchev–Trinajstić information content (AvgIpc) is 2.82. The lowest BCUT2D eigenvalue weighted by atomic mass is 9.74. The summed E-state index contributed by atoms with van der Waals surface area (Å²) < 4.78 is 16.7. The summed E-state index contributed by atoms with van der Waals surface area (Å²) in [6.45, 7) is 4.79. The highest BCUT2D eigenvalue weighted by molar-refractivity contribution is 6.10. The number of rotatable bonds is 1. The first-order valence-corrected chi connectivity index (χ1v) is 8.49. The molecule has 0 aliphatic carbocycles. The third-order valence-corrected chi connectivity index (χ3v) is 5.39. The summed E-state index contributed by atoms with van der Waals surface area (Å²) in [5.41, 5.74) is -2.41. The van der Waals surface area contributed by atoms with Crippen LogP contribution in [0.2, 0.25) is 0 Å². The topological polar surface area (TPSA) is 106 Å². The van der Waals surface area contributed by atoms with Gasteiger partial charge >= 0.3 is 5.63 Å². The molecule has 4 atom stereocenters. The predicted molar refractivity (Wildman–Crippen MR) is 91.1 cm³/mol. The van der Waals surface area contributed by atoms with Crippen LogP contribution in [0.15, 0.2) is 33.5 Å². The highest BCUT2D eigenvalue weighted by Gasteiger charge is 2.60. The Morgan fingerprint density at radius 1 is 1.23 bits per heavy atom. The molecule has 138 valence electrons. The van der Waals surface area contributed by atoms with Gasteiger partial charge in [0.05, 0.1) is 23.2 Å². The van der Waals surface area contributed by atoms with Crippen LogP contribution in [0, 0.1) is 5.92 Å². The van der Waals surface area contributed by atoms with E-state index in [1.54, 1.807) is 32.9 Å². The molecule has 0 amide bonds. The third-order valence-electron chi connectivity index (χ3n) is 5.39. The first-order valence-electron chi connectivity index (χ1n) is 8.49. The van der Waals surface area contributed by atoms with Crippen LogP contribution in [-0.4, -0.2) is 39.6 Å². The van der Waals surface area contributed by atoms with E-state index in [9.17, 15) is 19.8 Å². The van der Waals surface area contributed by atoms with Crippen LogP contribution in [0.25, 0.3) is 11.0 Å². The molecule has 0 unspecified atom stereocenters. The zero-order valence-corrected chi connectivity index (χ0v) is 14.7. The number of hydrogen-bond acceptors (Lipinski definition) is 7. The van der Waals surface area contributed by atoms with Crippen molar-refractivity contribution >= 4 is 16.8 Å². The highest BCUT2D eigenvalue weighted by atomic mass is 16.6. The van der Waals surface area contributed by atoms with E-state index < -0.39 is 35.1 Å². The number of aliphatic hydroxyl groups excluding tert-OH is 1. The maximum absolute atomic E-state index is 13.2. The third kappa shape index (κ3) is 2.39. The lowest BCUT2D eigenvalue weighted by Crippen LogP contribution is -2.61. The fourth-order valence-electron chi connectivity index (χ4n) is 3.71. The summed E-state index contributed by atoms with van der Waals surface area (Å²) in [5, 5.41) is 21.3. The van der Waals surface area contributed by atoms with Crippen LogP contribution in [0.3, 0.4) is 0 Å². The zero-order chi connectivity index (χ0) is 18.9. The molecule has 3 heterocycles. The highest BCUT2D eigenvalue weighted by Crippen LogP contribution is 2.48. The summed E-state index contributed by atoms with van der Waals surface area (Å²) in [6.07, 6.45) is -1.94. The van der Waals surface area contributed by atoms with Gasteiger partial charge in [0.15, 0.2) is 11.9 Å². The Balaban J connectivity index is 1.82. The van der Waals surface area contributed by atoms with Gasteiger partial charge in [-0.25, -0.2) is 4.79 Å². The molecule has 1 aromatic carbocycles. The lowest BCUT2D eigenvalue weighted by Gasteiger charge is -2.46. The molecule has 2 aliphatic rings. The van der Waals surface area contributed by atoms with E-state index in [1.165, 1.54) is 12.1 Å². The van der Waals surface area contributed by atoms with Gasteiger partial charge in [0.2, 0.25) is 5.78 Å². The minimum atomic E-state index is -1.34. The maximum atomic E-state index is 13.2. The Morgan fingerprint density at radius 2 is 1.96 bits per heavy atom. The van der Waals surface area contributed by atoms with Gasteiger partial charge in [0.1, 0.15) is 11.3 Å². The summed E-state index contributed by atoms with van der Waals surface area (Å²) in [7, 11) is 0. The SMILES string of the molecule is C[C@H]1[C@H](O)O[C@@H](C(C)(C)O)C[C@@]12Oc1cc3oc(=O)ccc3cc1C2=O. The summed E-state index contributed by atoms with van der Waals surface area (Å²) in [4.78, 5) is 24.7. The standard InChI is InChI=1S/C19H20O7/c1-9-17(22)25-14(18(2,3)23)8-19(9)16(21)11-6-10-4-5-15(20)24-12(10)7-13(11)26-19/h4-7,9,14,17,22-23H,8H2,1-3H3/t9-,14+,17+,19+/m0/s1. The van der Waals surface area contributed by atoms with Crippen molar-refractivity contribution in [2.75, 3.05) is 0 Å². The molecule has 7 nitrogen and oxygen atoms in total. The molecule has 0 radical (unpaired) electrons. The van der Waals surface area contributed by atoms with E-state index in [1.807, 2.05) is 0 Å². The smallest absolute Gasteiger partial charge is 0.336 e. The van der Waals surface area contributed by atoms with E-state index in [4.69, 9.17) is 13.9 Å². The van der Waals surface area contributed by atoms with Gasteiger partial charge in [0.25, 0.3) is 0 Å². The summed E-state index contributed by atoms with van der Waals surface area (Å²) in [6, 6.07) is 6.02. The number of benzene rings is 1. The van der Waals surface area contributed by atoms with Gasteiger partial charge in [-0.3, -0.25) is 4.79 Å². The molecular weight excluding hydrogens is 340 g/mol. The van der Waals surface area contributed by atoms with Gasteiger partial charge in [-0.15, -0.1) is 0 Å². The van der Waals surface area contributed by atoms with Crippen LogP contribution in [0.5, 0.6) is 5.75 Å². The largest absolute Gasteiger partial charge is 0.478 e. The number of fused-ring (bicyclic) bond motifs is 2. The molecule has 2 N–H and O–H groups in total. The lowest BCUT2D eigenvalue weighted by molar-refractivity contribution is -0.263. The van der Waals surface area contributed by atoms with Crippen molar-refractivity contribution in [3.63, 3.8) is 0 Å². The van der Waals surface area contributed by atoms with E-state index in [0.717, 1.165) is 0 Å². The van der Waals surface area contributed by atoms with Crippen molar-refractivity contribution in [2.24, 2.45) is 5.92 Å². The van der Waals surface area contributed by atoms with E-state index in [2.05, 4.69) is 0 Å². The quantitative estimate of drug-likeness (QED) is 0.744. The van der Waals surface area contributed by atoms with Gasteiger partial charge in [0, 0.05) is 23.9 Å².